The molecule has 3 aliphatic rings. The highest BCUT2D eigenvalue weighted by atomic mass is 14.6. The minimum Gasteiger partial charge on any atom is -0.0837 e. The maximum absolute atomic E-state index is 2.63. The zero-order valence-electron chi connectivity index (χ0n) is 10.5. The summed E-state index contributed by atoms with van der Waals surface area (Å²) in [4.78, 5) is 0. The Morgan fingerprint density at radius 1 is 1.00 bits per heavy atom. The average Bonchev–Trinajstić information content (AvgIpc) is 2.36. The van der Waals surface area contributed by atoms with Crippen molar-refractivity contribution in [3.8, 4) is 0 Å². The molecule has 2 saturated carbocycles. The molecule has 2 atom stereocenters. The van der Waals surface area contributed by atoms with Gasteiger partial charge in [0.25, 0.3) is 0 Å². The summed E-state index contributed by atoms with van der Waals surface area (Å²) in [5.74, 6) is 0. The van der Waals surface area contributed by atoms with E-state index in [0.717, 1.165) is 0 Å². The minimum absolute atomic E-state index is 0.504. The first-order chi connectivity index (χ1) is 6.96. The molecule has 15 heavy (non-hydrogen) atoms. The lowest BCUT2D eigenvalue weighted by atomic mass is 9.55. The second-order valence-corrected chi connectivity index (χ2v) is 7.33. The molecule has 3 aliphatic carbocycles. The maximum Gasteiger partial charge on any atom is -0.00772 e. The van der Waals surface area contributed by atoms with Crippen LogP contribution in [-0.2, 0) is 0 Å². The molecule has 1 spiro atoms. The molecule has 0 aromatic rings. The molecule has 0 heteroatoms. The molecule has 0 saturated heterocycles. The van der Waals surface area contributed by atoms with Crippen molar-refractivity contribution >= 4 is 0 Å². The number of fused-ring (bicyclic) bond motifs is 1. The van der Waals surface area contributed by atoms with E-state index in [-0.39, 0.29) is 0 Å². The van der Waals surface area contributed by atoms with Gasteiger partial charge in [-0.15, -0.1) is 0 Å². The van der Waals surface area contributed by atoms with Crippen LogP contribution in [0.25, 0.3) is 0 Å². The van der Waals surface area contributed by atoms with Crippen LogP contribution in [0.4, 0.5) is 0 Å². The average molecular weight is 204 g/mol. The first-order valence-electron chi connectivity index (χ1n) is 6.67. The van der Waals surface area contributed by atoms with E-state index in [0.29, 0.717) is 16.2 Å². The van der Waals surface area contributed by atoms with Gasteiger partial charge in [-0.3, -0.25) is 0 Å². The Morgan fingerprint density at radius 2 is 1.80 bits per heavy atom. The minimum atomic E-state index is 0.504. The number of allylic oxidation sites excluding steroid dienone is 2. The van der Waals surface area contributed by atoms with Crippen molar-refractivity contribution in [2.45, 2.75) is 65.7 Å². The van der Waals surface area contributed by atoms with Crippen molar-refractivity contribution in [2.75, 3.05) is 0 Å². The lowest BCUT2D eigenvalue weighted by molar-refractivity contribution is 0.150. The largest absolute Gasteiger partial charge is 0.0837 e. The predicted molar refractivity (Wildman–Crippen MR) is 64.7 cm³/mol. The summed E-state index contributed by atoms with van der Waals surface area (Å²) in [5.41, 5.74) is 3.66. The topological polar surface area (TPSA) is 0 Å². The van der Waals surface area contributed by atoms with Crippen molar-refractivity contribution in [2.24, 2.45) is 16.2 Å². The van der Waals surface area contributed by atoms with E-state index in [9.17, 15) is 0 Å². The maximum atomic E-state index is 2.63. The Morgan fingerprint density at radius 3 is 2.60 bits per heavy atom. The van der Waals surface area contributed by atoms with E-state index in [1.807, 2.05) is 5.57 Å². The summed E-state index contributed by atoms with van der Waals surface area (Å²) < 4.78 is 0. The normalized spacial score (nSPS) is 47.3. The quantitative estimate of drug-likeness (QED) is 0.502. The van der Waals surface area contributed by atoms with Crippen LogP contribution in [-0.4, -0.2) is 0 Å². The Kier molecular flexibility index (Phi) is 1.79. The van der Waals surface area contributed by atoms with Crippen molar-refractivity contribution in [1.82, 2.24) is 0 Å². The van der Waals surface area contributed by atoms with Crippen LogP contribution in [0.5, 0.6) is 0 Å². The fourth-order valence-electron chi connectivity index (χ4n) is 4.85. The summed E-state index contributed by atoms with van der Waals surface area (Å²) in [6, 6.07) is 0. The van der Waals surface area contributed by atoms with E-state index in [1.165, 1.54) is 44.9 Å². The molecule has 0 radical (unpaired) electrons. The molecule has 2 unspecified atom stereocenters. The fourth-order valence-corrected chi connectivity index (χ4v) is 4.85. The van der Waals surface area contributed by atoms with Crippen LogP contribution in [0.15, 0.2) is 11.6 Å². The molecule has 0 aromatic heterocycles. The molecule has 0 N–H and O–H groups in total. The van der Waals surface area contributed by atoms with E-state index < -0.39 is 0 Å². The zero-order valence-corrected chi connectivity index (χ0v) is 10.5. The van der Waals surface area contributed by atoms with Crippen LogP contribution in [0.3, 0.4) is 0 Å². The first-order valence-corrected chi connectivity index (χ1v) is 6.67. The van der Waals surface area contributed by atoms with Gasteiger partial charge in [-0.1, -0.05) is 38.8 Å². The number of rotatable bonds is 0. The van der Waals surface area contributed by atoms with Crippen LogP contribution in [0.1, 0.15) is 65.7 Å². The fraction of sp³-hybridized carbons (Fsp3) is 0.867. The molecule has 2 bridgehead atoms. The SMILES string of the molecule is CC12CC=C3C(C)(C)CCCC3(CC1)C2. The van der Waals surface area contributed by atoms with Gasteiger partial charge in [0.05, 0.1) is 0 Å². The summed E-state index contributed by atoms with van der Waals surface area (Å²) in [5, 5.41) is 0. The van der Waals surface area contributed by atoms with E-state index in [4.69, 9.17) is 0 Å². The van der Waals surface area contributed by atoms with Gasteiger partial charge in [-0.2, -0.15) is 0 Å². The molecule has 0 nitrogen and oxygen atoms in total. The Balaban J connectivity index is 2.06. The second-order valence-electron chi connectivity index (χ2n) is 7.33. The van der Waals surface area contributed by atoms with Gasteiger partial charge in [0.1, 0.15) is 0 Å². The molecular weight excluding hydrogens is 180 g/mol. The first kappa shape index (κ1) is 9.93. The summed E-state index contributed by atoms with van der Waals surface area (Å²) in [6.07, 6.45) is 12.8. The Hall–Kier alpha value is -0.260. The zero-order chi connectivity index (χ0) is 10.7. The van der Waals surface area contributed by atoms with Crippen LogP contribution < -0.4 is 0 Å². The third kappa shape index (κ3) is 1.26. The van der Waals surface area contributed by atoms with Gasteiger partial charge in [0.15, 0.2) is 0 Å². The summed E-state index contributed by atoms with van der Waals surface area (Å²) in [7, 11) is 0. The lowest BCUT2D eigenvalue weighted by Crippen LogP contribution is -2.37. The third-order valence-electron chi connectivity index (χ3n) is 5.53. The van der Waals surface area contributed by atoms with Gasteiger partial charge in [-0.05, 0) is 54.8 Å². The molecule has 84 valence electrons. The van der Waals surface area contributed by atoms with Gasteiger partial charge in [0.2, 0.25) is 0 Å². The monoisotopic (exact) mass is 204 g/mol. The highest BCUT2D eigenvalue weighted by Crippen LogP contribution is 2.66. The highest BCUT2D eigenvalue weighted by Gasteiger charge is 2.54. The highest BCUT2D eigenvalue weighted by molar-refractivity contribution is 5.30. The summed E-state index contributed by atoms with van der Waals surface area (Å²) >= 11 is 0. The third-order valence-corrected chi connectivity index (χ3v) is 5.53. The lowest BCUT2D eigenvalue weighted by Gasteiger charge is -2.49. The molecule has 0 aromatic carbocycles. The van der Waals surface area contributed by atoms with Gasteiger partial charge in [0, 0.05) is 0 Å². The van der Waals surface area contributed by atoms with Crippen molar-refractivity contribution in [1.29, 1.82) is 0 Å². The van der Waals surface area contributed by atoms with Crippen LogP contribution in [0.2, 0.25) is 0 Å². The van der Waals surface area contributed by atoms with Gasteiger partial charge >= 0.3 is 0 Å². The van der Waals surface area contributed by atoms with Crippen LogP contribution in [0, 0.1) is 16.2 Å². The number of hydrogen-bond donors (Lipinski definition) is 0. The smallest absolute Gasteiger partial charge is 0.00772 e. The van der Waals surface area contributed by atoms with Crippen molar-refractivity contribution in [3.63, 3.8) is 0 Å². The summed E-state index contributed by atoms with van der Waals surface area (Å²) in [6.45, 7) is 7.46. The standard InChI is InChI=1S/C15H24/c1-13(2)6-4-7-15-10-9-14(3,11-15)8-5-12(13)15/h5H,4,6-11H2,1-3H3. The van der Waals surface area contributed by atoms with E-state index in [1.54, 1.807) is 0 Å². The second kappa shape index (κ2) is 2.70. The van der Waals surface area contributed by atoms with Crippen molar-refractivity contribution < 1.29 is 0 Å². The number of hydrogen-bond acceptors (Lipinski definition) is 0. The van der Waals surface area contributed by atoms with E-state index in [2.05, 4.69) is 26.8 Å². The van der Waals surface area contributed by atoms with Gasteiger partial charge < -0.3 is 0 Å². The molecule has 0 amide bonds. The molecular formula is C15H24. The molecule has 2 fully saturated rings. The molecule has 0 heterocycles. The van der Waals surface area contributed by atoms with Crippen LogP contribution >= 0.6 is 0 Å². The van der Waals surface area contributed by atoms with E-state index >= 15 is 0 Å². The Bertz CT molecular complexity index is 323. The molecule has 0 aliphatic heterocycles. The van der Waals surface area contributed by atoms with Gasteiger partial charge in [-0.25, -0.2) is 0 Å². The van der Waals surface area contributed by atoms with Crippen molar-refractivity contribution in [3.05, 3.63) is 11.6 Å². The Labute approximate surface area is 94.1 Å². The predicted octanol–water partition coefficient (Wildman–Crippen LogP) is 4.70. The molecule has 3 rings (SSSR count).